The number of piperazine rings is 1. The van der Waals surface area contributed by atoms with Crippen molar-refractivity contribution < 1.29 is 0 Å². The van der Waals surface area contributed by atoms with Gasteiger partial charge in [0.15, 0.2) is 0 Å². The number of aryl methyl sites for hydroxylation is 1. The minimum atomic E-state index is -0.0676. The largest absolute Gasteiger partial charge is 0.353 e. The molecule has 8 nitrogen and oxygen atoms in total. The first-order chi connectivity index (χ1) is 15.6. The van der Waals surface area contributed by atoms with Crippen LogP contribution in [-0.4, -0.2) is 50.5 Å². The summed E-state index contributed by atoms with van der Waals surface area (Å²) in [6, 6.07) is 17.6. The van der Waals surface area contributed by atoms with Gasteiger partial charge in [-0.25, -0.2) is 9.67 Å². The zero-order valence-electron chi connectivity index (χ0n) is 18.2. The maximum absolute atomic E-state index is 12.6. The number of rotatable bonds is 4. The topological polar surface area (TPSA) is 72.1 Å². The fourth-order valence-corrected chi connectivity index (χ4v) is 4.09. The number of hydrogen-bond donors (Lipinski definition) is 0. The molecule has 0 bridgehead atoms. The third-order valence-electron chi connectivity index (χ3n) is 5.79. The van der Waals surface area contributed by atoms with Crippen LogP contribution in [0.1, 0.15) is 5.69 Å². The van der Waals surface area contributed by atoms with Crippen LogP contribution in [-0.2, 0) is 7.05 Å². The van der Waals surface area contributed by atoms with Crippen LogP contribution < -0.4 is 15.4 Å². The van der Waals surface area contributed by atoms with Gasteiger partial charge in [-0.1, -0.05) is 18.2 Å². The number of aromatic nitrogens is 5. The van der Waals surface area contributed by atoms with Gasteiger partial charge < -0.3 is 9.80 Å². The van der Waals surface area contributed by atoms with Crippen LogP contribution >= 0.6 is 0 Å². The predicted molar refractivity (Wildman–Crippen MR) is 125 cm³/mol. The average molecular weight is 428 g/mol. The molecule has 1 aliphatic rings. The van der Waals surface area contributed by atoms with Crippen molar-refractivity contribution in [2.45, 2.75) is 6.92 Å². The number of para-hydroxylation sites is 1. The lowest BCUT2D eigenvalue weighted by Crippen LogP contribution is -2.48. The monoisotopic (exact) mass is 427 g/mol. The van der Waals surface area contributed by atoms with Crippen LogP contribution in [0.5, 0.6) is 0 Å². The van der Waals surface area contributed by atoms with Gasteiger partial charge in [-0.3, -0.25) is 14.3 Å². The number of nitrogens with zero attached hydrogens (tertiary/aromatic N) is 7. The Hall–Kier alpha value is -3.94. The Balaban J connectivity index is 1.40. The summed E-state index contributed by atoms with van der Waals surface area (Å²) < 4.78 is 3.63. The van der Waals surface area contributed by atoms with Crippen LogP contribution in [0.25, 0.3) is 16.9 Å². The zero-order valence-corrected chi connectivity index (χ0v) is 18.2. The smallest absolute Gasteiger partial charge is 0.255 e. The van der Waals surface area contributed by atoms with Crippen molar-refractivity contribution in [1.29, 1.82) is 0 Å². The molecule has 4 aromatic rings. The summed E-state index contributed by atoms with van der Waals surface area (Å²) in [5.41, 5.74) is 3.53. The molecule has 8 heteroatoms. The average Bonchev–Trinajstić information content (AvgIpc) is 3.23. The predicted octanol–water partition coefficient (Wildman–Crippen LogP) is 2.66. The fourth-order valence-electron chi connectivity index (χ4n) is 4.09. The van der Waals surface area contributed by atoms with E-state index in [1.54, 1.807) is 30.1 Å². The Labute approximate surface area is 186 Å². The number of anilines is 2. The number of pyridine rings is 1. The lowest BCUT2D eigenvalue weighted by atomic mass is 10.2. The summed E-state index contributed by atoms with van der Waals surface area (Å²) in [7, 11) is 1.78. The van der Waals surface area contributed by atoms with Gasteiger partial charge in [-0.2, -0.15) is 5.10 Å². The minimum Gasteiger partial charge on any atom is -0.353 e. The van der Waals surface area contributed by atoms with E-state index in [0.717, 1.165) is 48.9 Å². The molecule has 32 heavy (non-hydrogen) atoms. The Morgan fingerprint density at radius 2 is 1.56 bits per heavy atom. The van der Waals surface area contributed by atoms with Crippen molar-refractivity contribution in [2.75, 3.05) is 36.0 Å². The molecule has 1 aliphatic heterocycles. The molecular formula is C24H25N7O. The third kappa shape index (κ3) is 3.75. The second-order valence-electron chi connectivity index (χ2n) is 7.94. The molecule has 5 rings (SSSR count). The van der Waals surface area contributed by atoms with Gasteiger partial charge in [0.05, 0.1) is 17.1 Å². The maximum atomic E-state index is 12.6. The van der Waals surface area contributed by atoms with Gasteiger partial charge in [0, 0.05) is 63.3 Å². The first-order valence-corrected chi connectivity index (χ1v) is 10.7. The van der Waals surface area contributed by atoms with E-state index in [4.69, 9.17) is 10.1 Å². The molecule has 0 unspecified atom stereocenters. The van der Waals surface area contributed by atoms with E-state index in [1.807, 2.05) is 41.9 Å². The van der Waals surface area contributed by atoms with E-state index in [-0.39, 0.29) is 5.56 Å². The quantitative estimate of drug-likeness (QED) is 0.499. The Bertz CT molecular complexity index is 1270. The van der Waals surface area contributed by atoms with E-state index in [0.29, 0.717) is 11.6 Å². The second kappa shape index (κ2) is 8.30. The summed E-state index contributed by atoms with van der Waals surface area (Å²) in [4.78, 5) is 26.0. The Kier molecular flexibility index (Phi) is 5.18. The highest BCUT2D eigenvalue weighted by molar-refractivity contribution is 5.60. The maximum Gasteiger partial charge on any atom is 0.255 e. The molecule has 0 spiro atoms. The summed E-state index contributed by atoms with van der Waals surface area (Å²) in [6.45, 7) is 5.17. The Morgan fingerprint density at radius 3 is 2.28 bits per heavy atom. The SMILES string of the molecule is Cc1cc(N2CCN(c3nc(-c4ccncc4)cc(=O)n3C)CC2)n(-c2ccccc2)n1. The molecule has 162 valence electrons. The van der Waals surface area contributed by atoms with E-state index < -0.39 is 0 Å². The molecule has 0 N–H and O–H groups in total. The molecule has 0 radical (unpaired) electrons. The summed E-state index contributed by atoms with van der Waals surface area (Å²) in [5, 5.41) is 4.70. The van der Waals surface area contributed by atoms with Gasteiger partial charge in [0.1, 0.15) is 5.82 Å². The van der Waals surface area contributed by atoms with Crippen LogP contribution in [0.15, 0.2) is 71.8 Å². The minimum absolute atomic E-state index is 0.0676. The van der Waals surface area contributed by atoms with E-state index in [2.05, 4.69) is 33.0 Å². The molecule has 0 saturated carbocycles. The van der Waals surface area contributed by atoms with Crippen molar-refractivity contribution in [2.24, 2.45) is 7.05 Å². The first kappa shape index (κ1) is 20.0. The van der Waals surface area contributed by atoms with Gasteiger partial charge >= 0.3 is 0 Å². The first-order valence-electron chi connectivity index (χ1n) is 10.7. The van der Waals surface area contributed by atoms with Crippen LogP contribution in [0.4, 0.5) is 11.8 Å². The summed E-state index contributed by atoms with van der Waals surface area (Å²) in [6.07, 6.45) is 3.43. The van der Waals surface area contributed by atoms with Crippen LogP contribution in [0.2, 0.25) is 0 Å². The molecule has 0 amide bonds. The van der Waals surface area contributed by atoms with Gasteiger partial charge in [0.25, 0.3) is 5.56 Å². The molecule has 4 heterocycles. The zero-order chi connectivity index (χ0) is 22.1. The normalized spacial score (nSPS) is 14.1. The van der Waals surface area contributed by atoms with Crippen molar-refractivity contribution in [3.63, 3.8) is 0 Å². The van der Waals surface area contributed by atoms with Crippen LogP contribution in [0.3, 0.4) is 0 Å². The number of benzene rings is 1. The molecule has 1 saturated heterocycles. The highest BCUT2D eigenvalue weighted by Gasteiger charge is 2.24. The van der Waals surface area contributed by atoms with Crippen LogP contribution in [0, 0.1) is 6.92 Å². The second-order valence-corrected chi connectivity index (χ2v) is 7.94. The van der Waals surface area contributed by atoms with Crippen molar-refractivity contribution in [1.82, 2.24) is 24.3 Å². The van der Waals surface area contributed by atoms with Crippen molar-refractivity contribution >= 4 is 11.8 Å². The molecule has 1 fully saturated rings. The van der Waals surface area contributed by atoms with Gasteiger partial charge in [-0.15, -0.1) is 0 Å². The van der Waals surface area contributed by atoms with E-state index in [1.165, 1.54) is 0 Å². The van der Waals surface area contributed by atoms with Gasteiger partial charge in [0.2, 0.25) is 5.95 Å². The molecule has 3 aromatic heterocycles. The summed E-state index contributed by atoms with van der Waals surface area (Å²) >= 11 is 0. The highest BCUT2D eigenvalue weighted by atomic mass is 16.1. The fraction of sp³-hybridized carbons (Fsp3) is 0.250. The highest BCUT2D eigenvalue weighted by Crippen LogP contribution is 2.24. The lowest BCUT2D eigenvalue weighted by Gasteiger charge is -2.37. The van der Waals surface area contributed by atoms with Crippen molar-refractivity contribution in [3.05, 3.63) is 83.0 Å². The third-order valence-corrected chi connectivity index (χ3v) is 5.79. The summed E-state index contributed by atoms with van der Waals surface area (Å²) in [5.74, 6) is 1.78. The van der Waals surface area contributed by atoms with E-state index in [9.17, 15) is 4.79 Å². The molecule has 0 atom stereocenters. The molecular weight excluding hydrogens is 402 g/mol. The standard InChI is InChI=1S/C24H25N7O/c1-18-16-22(31(27-18)20-6-4-3-5-7-20)29-12-14-30(15-13-29)24-26-21(17-23(32)28(24)2)19-8-10-25-11-9-19/h3-11,16-17H,12-15H2,1-2H3. The van der Waals surface area contributed by atoms with Crippen molar-refractivity contribution in [3.8, 4) is 16.9 Å². The molecule has 1 aromatic carbocycles. The number of hydrogen-bond acceptors (Lipinski definition) is 6. The Morgan fingerprint density at radius 1 is 0.875 bits per heavy atom. The van der Waals surface area contributed by atoms with Gasteiger partial charge in [-0.05, 0) is 31.2 Å². The lowest BCUT2D eigenvalue weighted by molar-refractivity contribution is 0.610. The van der Waals surface area contributed by atoms with E-state index >= 15 is 0 Å². The molecule has 0 aliphatic carbocycles.